The first-order valence-corrected chi connectivity index (χ1v) is 7.44. The van der Waals surface area contributed by atoms with E-state index in [2.05, 4.69) is 31.9 Å². The maximum absolute atomic E-state index is 10.7. The van der Waals surface area contributed by atoms with E-state index in [9.17, 15) is 10.1 Å². The highest BCUT2D eigenvalue weighted by molar-refractivity contribution is 9.10. The van der Waals surface area contributed by atoms with Gasteiger partial charge < -0.3 is 4.74 Å². The topological polar surface area (TPSA) is 52.4 Å². The lowest BCUT2D eigenvalue weighted by atomic mass is 10.2. The van der Waals surface area contributed by atoms with Crippen molar-refractivity contribution in [1.82, 2.24) is 0 Å². The van der Waals surface area contributed by atoms with E-state index in [1.54, 1.807) is 18.2 Å². The van der Waals surface area contributed by atoms with Gasteiger partial charge in [0, 0.05) is 26.6 Å². The zero-order valence-corrected chi connectivity index (χ0v) is 13.9. The van der Waals surface area contributed by atoms with Crippen LogP contribution in [0.1, 0.15) is 5.56 Å². The van der Waals surface area contributed by atoms with Crippen molar-refractivity contribution in [2.24, 2.45) is 0 Å². The third kappa shape index (κ3) is 3.71. The standard InChI is InChI=1S/C13H8Br2ClNO3/c14-9-2-4-12(16)13(5-9)20-7-8-1-3-10(17(18)19)6-11(8)15/h1-6H,7H2. The molecule has 7 heteroatoms. The van der Waals surface area contributed by atoms with Crippen LogP contribution >= 0.6 is 43.5 Å². The molecule has 2 rings (SSSR count). The van der Waals surface area contributed by atoms with Gasteiger partial charge in [-0.1, -0.05) is 43.5 Å². The Labute approximate surface area is 137 Å². The van der Waals surface area contributed by atoms with Crippen LogP contribution in [0.25, 0.3) is 0 Å². The molecule has 0 aliphatic carbocycles. The molecule has 0 aromatic heterocycles. The van der Waals surface area contributed by atoms with Gasteiger partial charge in [-0.05, 0) is 24.3 Å². The van der Waals surface area contributed by atoms with E-state index in [4.69, 9.17) is 16.3 Å². The summed E-state index contributed by atoms with van der Waals surface area (Å²) in [6.45, 7) is 0.259. The van der Waals surface area contributed by atoms with Crippen LogP contribution in [0.15, 0.2) is 45.3 Å². The van der Waals surface area contributed by atoms with Crippen molar-refractivity contribution in [1.29, 1.82) is 0 Å². The Kier molecular flexibility index (Phi) is 5.01. The SMILES string of the molecule is O=[N+]([O-])c1ccc(COc2cc(Br)ccc2Cl)c(Br)c1. The summed E-state index contributed by atoms with van der Waals surface area (Å²) in [6.07, 6.45) is 0. The van der Waals surface area contributed by atoms with Gasteiger partial charge in [0.2, 0.25) is 0 Å². The number of non-ortho nitro benzene ring substituents is 1. The first kappa shape index (κ1) is 15.3. The fourth-order valence-corrected chi connectivity index (χ4v) is 2.50. The van der Waals surface area contributed by atoms with Crippen molar-refractivity contribution in [2.75, 3.05) is 0 Å². The molecular weight excluding hydrogens is 413 g/mol. The van der Waals surface area contributed by atoms with Crippen LogP contribution in [0.3, 0.4) is 0 Å². The number of nitrogens with zero attached hydrogens (tertiary/aromatic N) is 1. The fraction of sp³-hybridized carbons (Fsp3) is 0.0769. The molecule has 2 aromatic carbocycles. The first-order valence-electron chi connectivity index (χ1n) is 5.48. The molecule has 2 aromatic rings. The van der Waals surface area contributed by atoms with Crippen molar-refractivity contribution in [3.05, 3.63) is 66.0 Å². The fourth-order valence-electron chi connectivity index (χ4n) is 1.51. The highest BCUT2D eigenvalue weighted by Crippen LogP contribution is 2.30. The van der Waals surface area contributed by atoms with Gasteiger partial charge in [0.05, 0.1) is 9.95 Å². The van der Waals surface area contributed by atoms with E-state index in [1.807, 2.05) is 6.07 Å². The molecule has 0 atom stereocenters. The van der Waals surface area contributed by atoms with Crippen molar-refractivity contribution >= 4 is 49.1 Å². The second kappa shape index (κ2) is 6.56. The first-order chi connectivity index (χ1) is 9.47. The van der Waals surface area contributed by atoms with Gasteiger partial charge in [-0.15, -0.1) is 0 Å². The Balaban J connectivity index is 2.15. The average Bonchev–Trinajstić information content (AvgIpc) is 2.40. The average molecular weight is 421 g/mol. The van der Waals surface area contributed by atoms with E-state index >= 15 is 0 Å². The van der Waals surface area contributed by atoms with Gasteiger partial charge in [-0.3, -0.25) is 10.1 Å². The molecule has 0 saturated carbocycles. The Hall–Kier alpha value is -1.11. The molecule has 0 saturated heterocycles. The highest BCUT2D eigenvalue weighted by Gasteiger charge is 2.10. The number of rotatable bonds is 4. The largest absolute Gasteiger partial charge is 0.487 e. The Morgan fingerprint density at radius 1 is 1.20 bits per heavy atom. The summed E-state index contributed by atoms with van der Waals surface area (Å²) in [6, 6.07) is 9.84. The van der Waals surface area contributed by atoms with Gasteiger partial charge >= 0.3 is 0 Å². The van der Waals surface area contributed by atoms with E-state index in [1.165, 1.54) is 12.1 Å². The summed E-state index contributed by atoms with van der Waals surface area (Å²) in [5.74, 6) is 0.547. The molecule has 104 valence electrons. The predicted molar refractivity (Wildman–Crippen MR) is 84.3 cm³/mol. The maximum Gasteiger partial charge on any atom is 0.270 e. The van der Waals surface area contributed by atoms with Crippen LogP contribution in [0.4, 0.5) is 5.69 Å². The molecule has 0 heterocycles. The lowest BCUT2D eigenvalue weighted by molar-refractivity contribution is -0.384. The van der Waals surface area contributed by atoms with Gasteiger partial charge in [0.25, 0.3) is 5.69 Å². The molecule has 20 heavy (non-hydrogen) atoms. The van der Waals surface area contributed by atoms with Crippen LogP contribution in [0.2, 0.25) is 5.02 Å². The number of halogens is 3. The second-order valence-electron chi connectivity index (χ2n) is 3.90. The van der Waals surface area contributed by atoms with Crippen molar-refractivity contribution < 1.29 is 9.66 Å². The summed E-state index contributed by atoms with van der Waals surface area (Å²) >= 11 is 12.7. The lowest BCUT2D eigenvalue weighted by Crippen LogP contribution is -1.98. The lowest BCUT2D eigenvalue weighted by Gasteiger charge is -2.09. The monoisotopic (exact) mass is 419 g/mol. The number of ether oxygens (including phenoxy) is 1. The molecule has 0 bridgehead atoms. The molecule has 0 fully saturated rings. The Bertz CT molecular complexity index is 664. The molecule has 0 spiro atoms. The van der Waals surface area contributed by atoms with Crippen LogP contribution in [-0.2, 0) is 6.61 Å². The summed E-state index contributed by atoms with van der Waals surface area (Å²) < 4.78 is 7.11. The van der Waals surface area contributed by atoms with Gasteiger partial charge in [-0.25, -0.2) is 0 Å². The third-order valence-corrected chi connectivity index (χ3v) is 4.07. The van der Waals surface area contributed by atoms with Crippen molar-refractivity contribution in [3.63, 3.8) is 0 Å². The number of hydrogen-bond acceptors (Lipinski definition) is 3. The zero-order chi connectivity index (χ0) is 14.7. The van der Waals surface area contributed by atoms with E-state index < -0.39 is 4.92 Å². The zero-order valence-electron chi connectivity index (χ0n) is 9.98. The second-order valence-corrected chi connectivity index (χ2v) is 6.07. The predicted octanol–water partition coefficient (Wildman–Crippen LogP) is 5.35. The maximum atomic E-state index is 10.7. The minimum absolute atomic E-state index is 0.0288. The number of hydrogen-bond donors (Lipinski definition) is 0. The smallest absolute Gasteiger partial charge is 0.270 e. The Morgan fingerprint density at radius 2 is 1.95 bits per heavy atom. The molecule has 0 amide bonds. The van der Waals surface area contributed by atoms with Crippen LogP contribution in [0.5, 0.6) is 5.75 Å². The third-order valence-electron chi connectivity index (χ3n) is 2.52. The van der Waals surface area contributed by atoms with Crippen molar-refractivity contribution in [2.45, 2.75) is 6.61 Å². The Morgan fingerprint density at radius 3 is 2.60 bits per heavy atom. The van der Waals surface area contributed by atoms with E-state index in [0.717, 1.165) is 10.0 Å². The molecule has 0 aliphatic rings. The summed E-state index contributed by atoms with van der Waals surface area (Å²) in [5, 5.41) is 11.2. The summed E-state index contributed by atoms with van der Waals surface area (Å²) in [5.41, 5.74) is 0.827. The number of nitro benzene ring substituents is 1. The van der Waals surface area contributed by atoms with Crippen LogP contribution in [0, 0.1) is 10.1 Å². The van der Waals surface area contributed by atoms with Gasteiger partial charge in [0.1, 0.15) is 12.4 Å². The number of benzene rings is 2. The van der Waals surface area contributed by atoms with E-state index in [0.29, 0.717) is 15.2 Å². The van der Waals surface area contributed by atoms with Gasteiger partial charge in [-0.2, -0.15) is 0 Å². The van der Waals surface area contributed by atoms with Crippen molar-refractivity contribution in [3.8, 4) is 5.75 Å². The van der Waals surface area contributed by atoms with E-state index in [-0.39, 0.29) is 12.3 Å². The normalized spacial score (nSPS) is 10.3. The highest BCUT2D eigenvalue weighted by atomic mass is 79.9. The molecular formula is C13H8Br2ClNO3. The van der Waals surface area contributed by atoms with Crippen LogP contribution < -0.4 is 4.74 Å². The minimum Gasteiger partial charge on any atom is -0.487 e. The molecule has 4 nitrogen and oxygen atoms in total. The molecule has 0 radical (unpaired) electrons. The summed E-state index contributed by atoms with van der Waals surface area (Å²) in [7, 11) is 0. The van der Waals surface area contributed by atoms with Gasteiger partial charge in [0.15, 0.2) is 0 Å². The summed E-state index contributed by atoms with van der Waals surface area (Å²) in [4.78, 5) is 10.2. The minimum atomic E-state index is -0.444. The molecule has 0 N–H and O–H groups in total. The molecule has 0 unspecified atom stereocenters. The molecule has 0 aliphatic heterocycles. The quantitative estimate of drug-likeness (QED) is 0.494. The number of nitro groups is 1. The van der Waals surface area contributed by atoms with Crippen LogP contribution in [-0.4, -0.2) is 4.92 Å².